The van der Waals surface area contributed by atoms with E-state index in [1.165, 1.54) is 29.7 Å². The molecule has 2 amide bonds. The minimum atomic E-state index is -0.599. The number of nitrogens with zero attached hydrogens (tertiary/aromatic N) is 2. The largest absolute Gasteiger partial charge is 0.479 e. The summed E-state index contributed by atoms with van der Waals surface area (Å²) in [6, 6.07) is 15.6. The quantitative estimate of drug-likeness (QED) is 0.799. The summed E-state index contributed by atoms with van der Waals surface area (Å²) in [4.78, 5) is 29.3. The maximum Gasteiger partial charge on any atom is 0.268 e. The number of nitrogens with one attached hydrogen (secondary N) is 1. The van der Waals surface area contributed by atoms with E-state index >= 15 is 0 Å². The van der Waals surface area contributed by atoms with Crippen molar-refractivity contribution in [2.24, 2.45) is 0 Å². The summed E-state index contributed by atoms with van der Waals surface area (Å²) in [5.74, 6) is 0.249. The summed E-state index contributed by atoms with van der Waals surface area (Å²) in [5, 5.41) is 3.00. The molecule has 1 fully saturated rings. The number of likely N-dealkylation sites (tertiary alicyclic amines) is 1. The third-order valence-electron chi connectivity index (χ3n) is 5.81. The highest BCUT2D eigenvalue weighted by Gasteiger charge is 2.32. The monoisotopic (exact) mass is 407 g/mol. The molecule has 2 aromatic rings. The van der Waals surface area contributed by atoms with Gasteiger partial charge in [-0.2, -0.15) is 0 Å². The van der Waals surface area contributed by atoms with Gasteiger partial charge in [0.2, 0.25) is 5.91 Å². The van der Waals surface area contributed by atoms with Crippen molar-refractivity contribution < 1.29 is 14.3 Å². The summed E-state index contributed by atoms with van der Waals surface area (Å²) < 4.78 is 5.65. The fraction of sp³-hybridized carbons (Fsp3) is 0.417. The van der Waals surface area contributed by atoms with Gasteiger partial charge in [0.05, 0.1) is 5.69 Å². The molecule has 6 nitrogen and oxygen atoms in total. The number of carbonyl (C=O) groups excluding carboxylic acids is 2. The zero-order valence-corrected chi connectivity index (χ0v) is 17.5. The fourth-order valence-electron chi connectivity index (χ4n) is 4.16. The molecule has 1 N–H and O–H groups in total. The Balaban J connectivity index is 1.39. The molecular weight excluding hydrogens is 378 g/mol. The van der Waals surface area contributed by atoms with E-state index in [0.29, 0.717) is 18.0 Å². The number of hydrogen-bond acceptors (Lipinski definition) is 4. The molecule has 2 aromatic carbocycles. The van der Waals surface area contributed by atoms with Gasteiger partial charge in [-0.25, -0.2) is 0 Å². The molecule has 0 spiro atoms. The summed E-state index contributed by atoms with van der Waals surface area (Å²) in [6.45, 7) is 5.34. The second-order valence-electron chi connectivity index (χ2n) is 8.03. The first-order valence-corrected chi connectivity index (χ1v) is 10.7. The highest BCUT2D eigenvalue weighted by Crippen LogP contribution is 2.33. The van der Waals surface area contributed by atoms with Crippen molar-refractivity contribution in [3.8, 4) is 5.75 Å². The smallest absolute Gasteiger partial charge is 0.268 e. The van der Waals surface area contributed by atoms with E-state index in [4.69, 9.17) is 4.74 Å². The number of piperidine rings is 1. The normalized spacial score (nSPS) is 19.2. The van der Waals surface area contributed by atoms with Crippen molar-refractivity contribution in [3.63, 3.8) is 0 Å². The lowest BCUT2D eigenvalue weighted by molar-refractivity contribution is -0.128. The Morgan fingerprint density at radius 3 is 2.53 bits per heavy atom. The third-order valence-corrected chi connectivity index (χ3v) is 5.81. The van der Waals surface area contributed by atoms with Crippen LogP contribution in [-0.4, -0.2) is 42.5 Å². The Hall–Kier alpha value is -2.86. The second kappa shape index (κ2) is 9.30. The molecule has 158 valence electrons. The second-order valence-corrected chi connectivity index (χ2v) is 8.03. The van der Waals surface area contributed by atoms with Crippen LogP contribution in [-0.2, 0) is 22.7 Å². The lowest BCUT2D eigenvalue weighted by atomic mass is 10.0. The lowest BCUT2D eigenvalue weighted by Gasteiger charge is -2.32. The third kappa shape index (κ3) is 4.65. The van der Waals surface area contributed by atoms with E-state index in [9.17, 15) is 9.59 Å². The predicted molar refractivity (Wildman–Crippen MR) is 116 cm³/mol. The number of carbonyl (C=O) groups is 2. The van der Waals surface area contributed by atoms with Crippen molar-refractivity contribution >= 4 is 17.5 Å². The molecule has 2 aliphatic rings. The van der Waals surface area contributed by atoms with Gasteiger partial charge < -0.3 is 10.1 Å². The zero-order chi connectivity index (χ0) is 20.9. The Kier molecular flexibility index (Phi) is 6.33. The summed E-state index contributed by atoms with van der Waals surface area (Å²) >= 11 is 0. The number of hydrogen-bond donors (Lipinski definition) is 1. The summed E-state index contributed by atoms with van der Waals surface area (Å²) in [7, 11) is 0. The lowest BCUT2D eigenvalue weighted by Crippen LogP contribution is -2.48. The van der Waals surface area contributed by atoms with Crippen molar-refractivity contribution in [2.45, 2.75) is 45.4 Å². The molecule has 2 heterocycles. The zero-order valence-electron chi connectivity index (χ0n) is 17.5. The van der Waals surface area contributed by atoms with E-state index in [1.807, 2.05) is 24.3 Å². The molecule has 1 unspecified atom stereocenters. The van der Waals surface area contributed by atoms with Gasteiger partial charge in [0.25, 0.3) is 5.91 Å². The molecule has 6 heteroatoms. The van der Waals surface area contributed by atoms with Gasteiger partial charge in [-0.1, -0.05) is 42.8 Å². The average molecular weight is 408 g/mol. The highest BCUT2D eigenvalue weighted by atomic mass is 16.5. The van der Waals surface area contributed by atoms with Crippen molar-refractivity contribution in [3.05, 3.63) is 59.7 Å². The number of rotatable bonds is 6. The summed E-state index contributed by atoms with van der Waals surface area (Å²) in [6.07, 6.45) is 3.23. The molecular formula is C24H29N3O3. The van der Waals surface area contributed by atoms with Crippen LogP contribution < -0.4 is 15.0 Å². The molecule has 0 saturated carbocycles. The highest BCUT2D eigenvalue weighted by molar-refractivity contribution is 6.03. The standard InChI is InChI=1S/C24H29N3O3/c1-18-24(29)27(21-11-5-6-12-22(21)30-18)17-23(28)25-15-19-9-3-4-10-20(19)16-26-13-7-2-8-14-26/h3-6,9-12,18H,2,7-8,13-17H2,1H3,(H,25,28). The van der Waals surface area contributed by atoms with Crippen LogP contribution in [0, 0.1) is 0 Å². The maximum absolute atomic E-state index is 12.7. The van der Waals surface area contributed by atoms with Crippen LogP contribution in [0.4, 0.5) is 5.69 Å². The Bertz CT molecular complexity index is 908. The van der Waals surface area contributed by atoms with Crippen LogP contribution in [0.1, 0.15) is 37.3 Å². The number of fused-ring (bicyclic) bond motifs is 1. The first-order chi connectivity index (χ1) is 14.6. The van der Waals surface area contributed by atoms with Crippen LogP contribution >= 0.6 is 0 Å². The van der Waals surface area contributed by atoms with Gasteiger partial charge in [-0.3, -0.25) is 19.4 Å². The minimum absolute atomic E-state index is 0.0160. The minimum Gasteiger partial charge on any atom is -0.479 e. The topological polar surface area (TPSA) is 61.9 Å². The molecule has 1 saturated heterocycles. The van der Waals surface area contributed by atoms with E-state index < -0.39 is 6.10 Å². The van der Waals surface area contributed by atoms with E-state index in [0.717, 1.165) is 25.2 Å². The number of ether oxygens (including phenoxy) is 1. The number of benzene rings is 2. The Morgan fingerprint density at radius 2 is 1.73 bits per heavy atom. The Morgan fingerprint density at radius 1 is 1.03 bits per heavy atom. The van der Waals surface area contributed by atoms with E-state index in [2.05, 4.69) is 28.4 Å². The Labute approximate surface area is 177 Å². The predicted octanol–water partition coefficient (Wildman–Crippen LogP) is 3.10. The average Bonchev–Trinajstić information content (AvgIpc) is 2.77. The van der Waals surface area contributed by atoms with Crippen LogP contribution in [0.5, 0.6) is 5.75 Å². The molecule has 2 aliphatic heterocycles. The molecule has 0 aromatic heterocycles. The molecule has 4 rings (SSSR count). The first kappa shape index (κ1) is 20.4. The van der Waals surface area contributed by atoms with Gasteiger partial charge in [0, 0.05) is 13.1 Å². The van der Waals surface area contributed by atoms with Crippen LogP contribution in [0.15, 0.2) is 48.5 Å². The van der Waals surface area contributed by atoms with Crippen LogP contribution in [0.3, 0.4) is 0 Å². The fourth-order valence-corrected chi connectivity index (χ4v) is 4.16. The molecule has 1 atom stereocenters. The molecule has 0 aliphatic carbocycles. The van der Waals surface area contributed by atoms with Crippen molar-refractivity contribution in [1.82, 2.24) is 10.2 Å². The molecule has 30 heavy (non-hydrogen) atoms. The van der Waals surface area contributed by atoms with Crippen molar-refractivity contribution in [1.29, 1.82) is 0 Å². The first-order valence-electron chi connectivity index (χ1n) is 10.7. The van der Waals surface area contributed by atoms with Gasteiger partial charge in [0.1, 0.15) is 12.3 Å². The molecule has 0 bridgehead atoms. The van der Waals surface area contributed by atoms with Gasteiger partial charge in [0.15, 0.2) is 6.10 Å². The van der Waals surface area contributed by atoms with Gasteiger partial charge in [-0.15, -0.1) is 0 Å². The molecule has 0 radical (unpaired) electrons. The number of amides is 2. The van der Waals surface area contributed by atoms with Crippen LogP contribution in [0.25, 0.3) is 0 Å². The van der Waals surface area contributed by atoms with Crippen molar-refractivity contribution in [2.75, 3.05) is 24.5 Å². The number of anilines is 1. The SMILES string of the molecule is CC1Oc2ccccc2N(CC(=O)NCc2ccccc2CN2CCCCC2)C1=O. The van der Waals surface area contributed by atoms with E-state index in [1.54, 1.807) is 13.0 Å². The van der Waals surface area contributed by atoms with Gasteiger partial charge >= 0.3 is 0 Å². The van der Waals surface area contributed by atoms with E-state index in [-0.39, 0.29) is 18.4 Å². The van der Waals surface area contributed by atoms with Crippen LogP contribution in [0.2, 0.25) is 0 Å². The van der Waals surface area contributed by atoms with Gasteiger partial charge in [-0.05, 0) is 56.1 Å². The number of para-hydroxylation sites is 2. The maximum atomic E-state index is 12.7. The summed E-state index contributed by atoms with van der Waals surface area (Å²) in [5.41, 5.74) is 3.01.